The van der Waals surface area contributed by atoms with Gasteiger partial charge in [-0.05, 0) is 31.0 Å². The van der Waals surface area contributed by atoms with Gasteiger partial charge >= 0.3 is 6.18 Å². The first-order valence-electron chi connectivity index (χ1n) is 8.53. The molecule has 1 aromatic heterocycles. The molecule has 1 amide bonds. The van der Waals surface area contributed by atoms with Crippen LogP contribution in [0.3, 0.4) is 0 Å². The van der Waals surface area contributed by atoms with Crippen LogP contribution in [0.25, 0.3) is 0 Å². The van der Waals surface area contributed by atoms with Crippen LogP contribution in [0, 0.1) is 0 Å². The van der Waals surface area contributed by atoms with Crippen LogP contribution in [0.5, 0.6) is 0 Å². The summed E-state index contributed by atoms with van der Waals surface area (Å²) in [4.78, 5) is 13.0. The lowest BCUT2D eigenvalue weighted by molar-refractivity contribution is -0.141. The Morgan fingerprint density at radius 3 is 2.65 bits per heavy atom. The van der Waals surface area contributed by atoms with Crippen LogP contribution in [0.1, 0.15) is 36.6 Å². The van der Waals surface area contributed by atoms with Gasteiger partial charge in [-0.1, -0.05) is 18.2 Å². The molecule has 0 saturated heterocycles. The van der Waals surface area contributed by atoms with Crippen molar-refractivity contribution in [1.29, 1.82) is 0 Å². The Morgan fingerprint density at radius 1 is 1.27 bits per heavy atom. The topological polar surface area (TPSA) is 46.9 Å². The summed E-state index contributed by atoms with van der Waals surface area (Å²) in [7, 11) is 0. The van der Waals surface area contributed by atoms with Crippen molar-refractivity contribution in [3.63, 3.8) is 0 Å². The van der Waals surface area contributed by atoms with Crippen LogP contribution in [-0.4, -0.2) is 28.0 Å². The summed E-state index contributed by atoms with van der Waals surface area (Å²) in [5.41, 5.74) is -0.240. The van der Waals surface area contributed by atoms with Crippen molar-refractivity contribution < 1.29 is 18.0 Å². The van der Waals surface area contributed by atoms with Gasteiger partial charge in [-0.2, -0.15) is 18.3 Å². The molecule has 0 unspecified atom stereocenters. The quantitative estimate of drug-likeness (QED) is 0.699. The van der Waals surface area contributed by atoms with E-state index in [1.54, 1.807) is 11.8 Å². The third-order valence-corrected chi connectivity index (χ3v) is 5.10. The minimum atomic E-state index is -4.44. The molecule has 1 aliphatic rings. The highest BCUT2D eigenvalue weighted by atomic mass is 32.2. The monoisotopic (exact) mass is 383 g/mol. The third kappa shape index (κ3) is 5.27. The summed E-state index contributed by atoms with van der Waals surface area (Å²) in [5.74, 6) is 0.713. The molecule has 1 N–H and O–H groups in total. The lowest BCUT2D eigenvalue weighted by Gasteiger charge is -2.08. The van der Waals surface area contributed by atoms with Gasteiger partial charge in [0.2, 0.25) is 5.91 Å². The fourth-order valence-corrected chi connectivity index (χ4v) is 3.50. The number of rotatable bonds is 8. The number of thioether (sulfide) groups is 1. The molecule has 0 atom stereocenters. The maximum atomic E-state index is 12.8. The van der Waals surface area contributed by atoms with E-state index in [1.165, 1.54) is 4.68 Å². The summed E-state index contributed by atoms with van der Waals surface area (Å²) >= 11 is 1.60. The lowest BCUT2D eigenvalue weighted by Crippen LogP contribution is -2.28. The van der Waals surface area contributed by atoms with Crippen LogP contribution < -0.4 is 5.32 Å². The van der Waals surface area contributed by atoms with Crippen molar-refractivity contribution in [2.75, 3.05) is 12.3 Å². The van der Waals surface area contributed by atoms with Gasteiger partial charge in [-0.3, -0.25) is 9.48 Å². The fourth-order valence-electron chi connectivity index (χ4n) is 2.62. The Bertz CT molecular complexity index is 742. The number of carbonyl (C=O) groups excluding carboxylic acids is 1. The zero-order chi connectivity index (χ0) is 18.6. The number of hydrogen-bond acceptors (Lipinski definition) is 3. The molecule has 1 fully saturated rings. The van der Waals surface area contributed by atoms with E-state index in [0.29, 0.717) is 17.9 Å². The number of benzene rings is 1. The molecular formula is C18H20F3N3OS. The molecule has 1 aromatic carbocycles. The Kier molecular flexibility index (Phi) is 5.90. The molecule has 0 spiro atoms. The largest absolute Gasteiger partial charge is 0.435 e. The van der Waals surface area contributed by atoms with E-state index in [1.807, 2.05) is 30.3 Å². The van der Waals surface area contributed by atoms with Gasteiger partial charge in [0, 0.05) is 35.2 Å². The maximum absolute atomic E-state index is 12.8. The molecule has 26 heavy (non-hydrogen) atoms. The summed E-state index contributed by atoms with van der Waals surface area (Å²) in [6.45, 7) is 0.521. The predicted molar refractivity (Wildman–Crippen MR) is 94.0 cm³/mol. The fraction of sp³-hybridized carbons (Fsp3) is 0.444. The number of halogens is 3. The number of hydrogen-bond donors (Lipinski definition) is 1. The molecule has 0 aliphatic heterocycles. The van der Waals surface area contributed by atoms with Crippen LogP contribution in [0.2, 0.25) is 0 Å². The second-order valence-electron chi connectivity index (χ2n) is 6.21. The summed E-state index contributed by atoms with van der Waals surface area (Å²) in [5, 5.41) is 6.44. The average molecular weight is 383 g/mol. The Labute approximate surface area is 154 Å². The first kappa shape index (κ1) is 18.8. The number of aromatic nitrogens is 2. The Hall–Kier alpha value is -1.96. The summed E-state index contributed by atoms with van der Waals surface area (Å²) in [6.07, 6.45) is -2.28. The van der Waals surface area contributed by atoms with Crippen LogP contribution in [0.4, 0.5) is 13.2 Å². The molecule has 0 bridgehead atoms. The van der Waals surface area contributed by atoms with Gasteiger partial charge in [0.05, 0.1) is 6.54 Å². The second-order valence-corrected chi connectivity index (χ2v) is 7.38. The molecule has 3 rings (SSSR count). The van der Waals surface area contributed by atoms with Crippen molar-refractivity contribution in [1.82, 2.24) is 15.1 Å². The predicted octanol–water partition coefficient (Wildman–Crippen LogP) is 4.08. The van der Waals surface area contributed by atoms with Crippen molar-refractivity contribution >= 4 is 17.7 Å². The Morgan fingerprint density at radius 2 is 2.00 bits per heavy atom. The third-order valence-electron chi connectivity index (χ3n) is 4.08. The van der Waals surface area contributed by atoms with E-state index < -0.39 is 11.9 Å². The van der Waals surface area contributed by atoms with Crippen LogP contribution in [0.15, 0.2) is 41.3 Å². The van der Waals surface area contributed by atoms with Gasteiger partial charge in [0.15, 0.2) is 5.69 Å². The van der Waals surface area contributed by atoms with Crippen LogP contribution >= 0.6 is 11.8 Å². The number of carbonyl (C=O) groups is 1. The van der Waals surface area contributed by atoms with Crippen molar-refractivity contribution in [2.45, 2.75) is 42.8 Å². The van der Waals surface area contributed by atoms with E-state index in [2.05, 4.69) is 10.4 Å². The summed E-state index contributed by atoms with van der Waals surface area (Å²) in [6, 6.07) is 10.9. The molecule has 1 saturated carbocycles. The van der Waals surface area contributed by atoms with Crippen molar-refractivity contribution in [2.24, 2.45) is 0 Å². The average Bonchev–Trinajstić information content (AvgIpc) is 3.35. The normalized spacial score (nSPS) is 14.4. The van der Waals surface area contributed by atoms with E-state index >= 15 is 0 Å². The molecule has 0 radical (unpaired) electrons. The maximum Gasteiger partial charge on any atom is 0.435 e. The second kappa shape index (κ2) is 8.16. The van der Waals surface area contributed by atoms with Crippen molar-refractivity contribution in [3.8, 4) is 0 Å². The molecule has 1 heterocycles. The van der Waals surface area contributed by atoms with Crippen LogP contribution in [-0.2, 0) is 17.5 Å². The molecule has 4 nitrogen and oxygen atoms in total. The highest BCUT2D eigenvalue weighted by Gasteiger charge is 2.37. The first-order chi connectivity index (χ1) is 12.4. The minimum Gasteiger partial charge on any atom is -0.354 e. The van der Waals surface area contributed by atoms with E-state index in [4.69, 9.17) is 0 Å². The van der Waals surface area contributed by atoms with E-state index in [-0.39, 0.29) is 24.9 Å². The molecule has 2 aromatic rings. The van der Waals surface area contributed by atoms with Gasteiger partial charge in [-0.15, -0.1) is 11.8 Å². The smallest absolute Gasteiger partial charge is 0.354 e. The van der Waals surface area contributed by atoms with E-state index in [0.717, 1.165) is 23.8 Å². The standard InChI is InChI=1S/C18H20F3N3OS/c19-18(20,21)16-12-15(13-6-7-13)24(23-16)10-9-22-17(25)8-11-26-14-4-2-1-3-5-14/h1-5,12-13H,6-11H2,(H,22,25). The van der Waals surface area contributed by atoms with Crippen molar-refractivity contribution in [3.05, 3.63) is 47.8 Å². The first-order valence-corrected chi connectivity index (χ1v) is 9.51. The highest BCUT2D eigenvalue weighted by Crippen LogP contribution is 2.42. The minimum absolute atomic E-state index is 0.107. The van der Waals surface area contributed by atoms with Gasteiger partial charge in [0.1, 0.15) is 0 Å². The molecular weight excluding hydrogens is 363 g/mol. The molecule has 8 heteroatoms. The number of alkyl halides is 3. The van der Waals surface area contributed by atoms with E-state index in [9.17, 15) is 18.0 Å². The zero-order valence-electron chi connectivity index (χ0n) is 14.1. The Balaban J connectivity index is 1.44. The SMILES string of the molecule is O=C(CCSc1ccccc1)NCCn1nc(C(F)(F)F)cc1C1CC1. The highest BCUT2D eigenvalue weighted by molar-refractivity contribution is 7.99. The molecule has 140 valence electrons. The number of nitrogens with zero attached hydrogens (tertiary/aromatic N) is 2. The zero-order valence-corrected chi connectivity index (χ0v) is 14.9. The number of amides is 1. The summed E-state index contributed by atoms with van der Waals surface area (Å²) < 4.78 is 39.9. The lowest BCUT2D eigenvalue weighted by atomic mass is 10.2. The van der Waals surface area contributed by atoms with Gasteiger partial charge in [0.25, 0.3) is 0 Å². The number of nitrogens with one attached hydrogen (secondary N) is 1. The molecule has 1 aliphatic carbocycles. The van der Waals surface area contributed by atoms with Gasteiger partial charge in [-0.25, -0.2) is 0 Å². The van der Waals surface area contributed by atoms with Gasteiger partial charge < -0.3 is 5.32 Å².